The second-order valence-electron chi connectivity index (χ2n) is 11.3. The smallest absolute Gasteiger partial charge is 0.128 e. The maximum Gasteiger partial charge on any atom is 0.128 e. The summed E-state index contributed by atoms with van der Waals surface area (Å²) in [6.45, 7) is -0.535. The first-order valence-electron chi connectivity index (χ1n) is 18.5. The maximum atomic E-state index is 8.24. The molecule has 5 aromatic carbocycles. The van der Waals surface area contributed by atoms with Gasteiger partial charge in [0.05, 0.1) is 5.58 Å². The predicted molar refractivity (Wildman–Crippen MR) is 191 cm³/mol. The number of furan rings is 1. The molecule has 8 rings (SSSR count). The molecule has 0 aliphatic carbocycles. The van der Waals surface area contributed by atoms with E-state index in [-0.39, 0.29) is 31.2 Å². The van der Waals surface area contributed by atoms with Gasteiger partial charge in [-0.05, 0) is 57.8 Å². The summed E-state index contributed by atoms with van der Waals surface area (Å²) >= 11 is 0. The van der Waals surface area contributed by atoms with Gasteiger partial charge in [0.15, 0.2) is 0 Å². The number of aromatic nitrogens is 2. The van der Waals surface area contributed by atoms with Gasteiger partial charge in [-0.1, -0.05) is 111 Å². The average Bonchev–Trinajstić information content (AvgIpc) is 3.54. The van der Waals surface area contributed by atoms with Crippen LogP contribution in [-0.4, -0.2) is 9.97 Å². The van der Waals surface area contributed by atoms with Crippen LogP contribution in [0.4, 0.5) is 0 Å². The van der Waals surface area contributed by atoms with Crippen molar-refractivity contribution in [3.05, 3.63) is 156 Å². The monoisotopic (exact) mass is 794 g/mol. The van der Waals surface area contributed by atoms with Crippen LogP contribution in [0.25, 0.3) is 66.4 Å². The molecule has 0 unspecified atom stereocenters. The van der Waals surface area contributed by atoms with Gasteiger partial charge in [-0.25, -0.2) is 0 Å². The minimum atomic E-state index is -2.18. The molecule has 4 heteroatoms. The molecule has 0 saturated heterocycles. The third-order valence-corrected chi connectivity index (χ3v) is 7.99. The van der Waals surface area contributed by atoms with E-state index in [9.17, 15) is 0 Å². The molecule has 0 fully saturated rings. The van der Waals surface area contributed by atoms with E-state index in [1.165, 1.54) is 24.4 Å². The molecule has 0 bridgehead atoms. The van der Waals surface area contributed by atoms with E-state index < -0.39 is 19.6 Å². The molecule has 47 heavy (non-hydrogen) atoms. The zero-order chi connectivity index (χ0) is 37.5. The van der Waals surface area contributed by atoms with Gasteiger partial charge in [0.25, 0.3) is 0 Å². The van der Waals surface area contributed by atoms with Gasteiger partial charge in [-0.15, -0.1) is 53.6 Å². The van der Waals surface area contributed by atoms with Crippen molar-refractivity contribution in [3.8, 4) is 33.6 Å². The first kappa shape index (κ1) is 24.3. The molecule has 1 radical (unpaired) electrons. The summed E-state index contributed by atoms with van der Waals surface area (Å²) in [6.07, 6.45) is 3.13. The van der Waals surface area contributed by atoms with E-state index in [1.807, 2.05) is 56.4 Å². The summed E-state index contributed by atoms with van der Waals surface area (Å²) < 4.78 is 58.3. The second-order valence-corrected chi connectivity index (χ2v) is 11.3. The molecule has 0 atom stereocenters. The molecule has 3 aromatic heterocycles. The van der Waals surface area contributed by atoms with Crippen LogP contribution in [0.5, 0.6) is 0 Å². The third-order valence-electron chi connectivity index (χ3n) is 7.99. The van der Waals surface area contributed by atoms with Crippen molar-refractivity contribution in [2.75, 3.05) is 0 Å². The molecule has 0 amide bonds. The first-order chi connectivity index (χ1) is 25.2. The molecule has 3 heterocycles. The van der Waals surface area contributed by atoms with Gasteiger partial charge in [0.1, 0.15) is 5.58 Å². The van der Waals surface area contributed by atoms with Crippen molar-refractivity contribution >= 4 is 32.7 Å². The number of hydrogen-bond donors (Lipinski definition) is 0. The first-order valence-corrected chi connectivity index (χ1v) is 15.0. The van der Waals surface area contributed by atoms with Crippen molar-refractivity contribution in [1.29, 1.82) is 0 Å². The summed E-state index contributed by atoms with van der Waals surface area (Å²) in [6, 6.07) is 42.7. The Hall–Kier alpha value is -4.89. The molecule has 3 nitrogen and oxygen atoms in total. The number of aryl methyl sites for hydroxylation is 2. The van der Waals surface area contributed by atoms with Gasteiger partial charge < -0.3 is 14.4 Å². The van der Waals surface area contributed by atoms with Crippen molar-refractivity contribution in [2.24, 2.45) is 0 Å². The SMILES string of the molecule is [2H]C(C)(C)c1ccc(-c2ccnc(-c3[c-]ccc4c3oc3c5ccccc5ccc43)c2)cc1.[2H]C([2H])([2H])c1c[c-]c(-c2ccc(C([2H])([2H])[2H])cn2)cc1.[Ir]. The molecule has 8 aromatic rings. The van der Waals surface area contributed by atoms with Crippen molar-refractivity contribution in [1.82, 2.24) is 9.97 Å². The normalized spacial score (nSPS) is 14.0. The molecule has 0 aliphatic heterocycles. The molecule has 0 saturated carbocycles. The van der Waals surface area contributed by atoms with Crippen molar-refractivity contribution < 1.29 is 34.1 Å². The molecule has 0 N–H and O–H groups in total. The Labute approximate surface area is 299 Å². The van der Waals surface area contributed by atoms with Crippen molar-refractivity contribution in [2.45, 2.75) is 33.4 Å². The summed E-state index contributed by atoms with van der Waals surface area (Å²) in [5, 5.41) is 4.44. The van der Waals surface area contributed by atoms with Crippen LogP contribution in [0.15, 0.2) is 132 Å². The van der Waals surface area contributed by atoms with Crippen LogP contribution in [0.2, 0.25) is 0 Å². The zero-order valence-electron chi connectivity index (χ0n) is 32.8. The number of fused-ring (bicyclic) bond motifs is 5. The number of nitrogens with zero attached hydrogens (tertiary/aromatic N) is 2. The van der Waals surface area contributed by atoms with Gasteiger partial charge in [0, 0.05) is 52.9 Å². The summed E-state index contributed by atoms with van der Waals surface area (Å²) in [5.41, 5.74) is 8.09. The van der Waals surface area contributed by atoms with E-state index in [0.29, 0.717) is 11.3 Å². The van der Waals surface area contributed by atoms with Crippen LogP contribution < -0.4 is 0 Å². The summed E-state index contributed by atoms with van der Waals surface area (Å²) in [7, 11) is 0. The van der Waals surface area contributed by atoms with Crippen LogP contribution in [-0.2, 0) is 20.1 Å². The molecule has 0 spiro atoms. The van der Waals surface area contributed by atoms with E-state index in [0.717, 1.165) is 60.7 Å². The summed E-state index contributed by atoms with van der Waals surface area (Å²) in [4.78, 5) is 8.73. The minimum Gasteiger partial charge on any atom is -0.500 e. The molecule has 0 aliphatic rings. The van der Waals surface area contributed by atoms with Gasteiger partial charge >= 0.3 is 0 Å². The van der Waals surface area contributed by atoms with Crippen LogP contribution in [0.3, 0.4) is 0 Å². The van der Waals surface area contributed by atoms with E-state index in [4.69, 9.17) is 14.0 Å². The Morgan fingerprint density at radius 2 is 1.51 bits per heavy atom. The minimum absolute atomic E-state index is 0. The Balaban J connectivity index is 0.000000205. The predicted octanol–water partition coefficient (Wildman–Crippen LogP) is 11.6. The fourth-order valence-corrected chi connectivity index (χ4v) is 5.54. The number of rotatable bonds is 4. The molecule has 233 valence electrons. The number of hydrogen-bond acceptors (Lipinski definition) is 3. The second kappa shape index (κ2) is 13.8. The van der Waals surface area contributed by atoms with Crippen LogP contribution in [0.1, 0.15) is 46.0 Å². The topological polar surface area (TPSA) is 38.9 Å². The maximum absolute atomic E-state index is 8.24. The van der Waals surface area contributed by atoms with Gasteiger partial charge in [-0.2, -0.15) is 0 Å². The number of pyridine rings is 2. The third kappa shape index (κ3) is 6.67. The zero-order valence-corrected chi connectivity index (χ0v) is 28.2. The Bertz CT molecular complexity index is 2500. The quantitative estimate of drug-likeness (QED) is 0.167. The standard InChI is InChI=1S/C30H22NO.C13H12N.Ir/c1-19(2)20-10-12-21(13-11-20)23-16-17-31-28(18-23)27-9-5-8-25-26-15-14-22-6-3-4-7-24(22)29(26)32-30(25)27;1-10-3-6-12(7-4-10)13-8-5-11(2)9-14-13;/h3-8,10-19H,1-2H3;3-6,8-9H,1-2H3;/q2*-1;/i19D;1D3,2D3;. The van der Waals surface area contributed by atoms with Gasteiger partial charge in [0.2, 0.25) is 0 Å². The van der Waals surface area contributed by atoms with E-state index in [2.05, 4.69) is 70.6 Å². The Kier molecular flexibility index (Phi) is 7.16. The average molecular weight is 794 g/mol. The number of benzene rings is 5. The largest absolute Gasteiger partial charge is 0.500 e. The van der Waals surface area contributed by atoms with Crippen LogP contribution >= 0.6 is 0 Å². The Morgan fingerprint density at radius 1 is 0.702 bits per heavy atom. The molecular weight excluding hydrogens is 753 g/mol. The summed E-state index contributed by atoms with van der Waals surface area (Å²) in [5.74, 6) is -0.613. The van der Waals surface area contributed by atoms with Gasteiger partial charge in [-0.3, -0.25) is 0 Å². The van der Waals surface area contributed by atoms with E-state index in [1.54, 1.807) is 12.1 Å². The van der Waals surface area contributed by atoms with Crippen molar-refractivity contribution in [3.63, 3.8) is 0 Å². The van der Waals surface area contributed by atoms with Crippen LogP contribution in [0, 0.1) is 25.8 Å². The fraction of sp³-hybridized carbons (Fsp3) is 0.116. The Morgan fingerprint density at radius 3 is 2.26 bits per heavy atom. The fourth-order valence-electron chi connectivity index (χ4n) is 5.54. The molecular formula is C43H34IrN2O-2. The van der Waals surface area contributed by atoms with E-state index >= 15 is 0 Å².